The van der Waals surface area contributed by atoms with Crippen LogP contribution in [0.2, 0.25) is 0 Å². The van der Waals surface area contributed by atoms with E-state index < -0.39 is 0 Å². The molecule has 0 aromatic heterocycles. The Bertz CT molecular complexity index is 515. The predicted molar refractivity (Wildman–Crippen MR) is 75.1 cm³/mol. The van der Waals surface area contributed by atoms with Crippen molar-refractivity contribution in [2.45, 2.75) is 26.2 Å². The molecule has 1 aromatic carbocycles. The van der Waals surface area contributed by atoms with E-state index in [1.54, 1.807) is 6.92 Å². The lowest BCUT2D eigenvalue weighted by molar-refractivity contribution is -0.143. The Balaban J connectivity index is 1.68. The Labute approximate surface area is 123 Å². The number of ether oxygens (including phenoxy) is 3. The highest BCUT2D eigenvalue weighted by Gasteiger charge is 2.13. The first-order chi connectivity index (χ1) is 10.2. The van der Waals surface area contributed by atoms with Gasteiger partial charge in [0.05, 0.1) is 13.0 Å². The van der Waals surface area contributed by atoms with Crippen molar-refractivity contribution in [3.63, 3.8) is 0 Å². The van der Waals surface area contributed by atoms with Crippen molar-refractivity contribution in [1.29, 1.82) is 0 Å². The molecule has 0 saturated carbocycles. The van der Waals surface area contributed by atoms with E-state index in [1.807, 2.05) is 18.2 Å². The lowest BCUT2D eigenvalue weighted by atomic mass is 10.1. The summed E-state index contributed by atoms with van der Waals surface area (Å²) < 4.78 is 15.3. The summed E-state index contributed by atoms with van der Waals surface area (Å²) in [5, 5.41) is 2.70. The van der Waals surface area contributed by atoms with E-state index in [0.717, 1.165) is 17.1 Å². The van der Waals surface area contributed by atoms with Crippen LogP contribution in [-0.4, -0.2) is 31.8 Å². The quantitative estimate of drug-likeness (QED) is 0.770. The van der Waals surface area contributed by atoms with Crippen LogP contribution in [-0.2, 0) is 20.7 Å². The molecule has 0 spiro atoms. The lowest BCUT2D eigenvalue weighted by Crippen LogP contribution is -2.26. The van der Waals surface area contributed by atoms with Gasteiger partial charge in [0.25, 0.3) is 0 Å². The van der Waals surface area contributed by atoms with Gasteiger partial charge in [-0.3, -0.25) is 9.59 Å². The third-order valence-corrected chi connectivity index (χ3v) is 3.03. The minimum Gasteiger partial charge on any atom is -0.466 e. The molecule has 2 rings (SSSR count). The second-order valence-corrected chi connectivity index (χ2v) is 4.59. The highest BCUT2D eigenvalue weighted by Crippen LogP contribution is 2.32. The van der Waals surface area contributed by atoms with Crippen molar-refractivity contribution < 1.29 is 23.8 Å². The number of aryl methyl sites for hydroxylation is 1. The molecule has 0 unspecified atom stereocenters. The monoisotopic (exact) mass is 293 g/mol. The Morgan fingerprint density at radius 1 is 1.24 bits per heavy atom. The van der Waals surface area contributed by atoms with Crippen LogP contribution in [0.1, 0.15) is 25.3 Å². The predicted octanol–water partition coefficient (Wildman–Crippen LogP) is 1.42. The number of hydrogen-bond donors (Lipinski definition) is 1. The van der Waals surface area contributed by atoms with Crippen LogP contribution >= 0.6 is 0 Å². The normalized spacial score (nSPS) is 12.0. The zero-order valence-electron chi connectivity index (χ0n) is 12.0. The SMILES string of the molecule is CCOC(=O)CCNC(=O)CCc1ccc2c(c1)OCO2. The van der Waals surface area contributed by atoms with Gasteiger partial charge in [-0.2, -0.15) is 0 Å². The lowest BCUT2D eigenvalue weighted by Gasteiger charge is -2.06. The smallest absolute Gasteiger partial charge is 0.307 e. The molecule has 1 amide bonds. The molecule has 6 heteroatoms. The van der Waals surface area contributed by atoms with E-state index in [2.05, 4.69) is 5.32 Å². The number of fused-ring (bicyclic) bond motifs is 1. The third kappa shape index (κ3) is 4.66. The highest BCUT2D eigenvalue weighted by molar-refractivity contribution is 5.77. The van der Waals surface area contributed by atoms with E-state index in [9.17, 15) is 9.59 Å². The molecule has 0 fully saturated rings. The third-order valence-electron chi connectivity index (χ3n) is 3.03. The second-order valence-electron chi connectivity index (χ2n) is 4.59. The topological polar surface area (TPSA) is 73.9 Å². The summed E-state index contributed by atoms with van der Waals surface area (Å²) >= 11 is 0. The first-order valence-corrected chi connectivity index (χ1v) is 7.00. The van der Waals surface area contributed by atoms with E-state index in [1.165, 1.54) is 0 Å². The summed E-state index contributed by atoms with van der Waals surface area (Å²) in [7, 11) is 0. The minimum absolute atomic E-state index is 0.0861. The van der Waals surface area contributed by atoms with E-state index in [0.29, 0.717) is 26.0 Å². The number of rotatable bonds is 7. The number of amides is 1. The van der Waals surface area contributed by atoms with Crippen LogP contribution in [0.3, 0.4) is 0 Å². The van der Waals surface area contributed by atoms with Gasteiger partial charge in [-0.05, 0) is 31.0 Å². The molecule has 6 nitrogen and oxygen atoms in total. The van der Waals surface area contributed by atoms with Gasteiger partial charge in [-0.25, -0.2) is 0 Å². The molecule has 0 atom stereocenters. The number of nitrogens with one attached hydrogen (secondary N) is 1. The fraction of sp³-hybridized carbons (Fsp3) is 0.467. The summed E-state index contributed by atoms with van der Waals surface area (Å²) in [4.78, 5) is 22.8. The van der Waals surface area contributed by atoms with E-state index in [-0.39, 0.29) is 25.1 Å². The molecule has 1 aliphatic heterocycles. The van der Waals surface area contributed by atoms with Crippen LogP contribution in [0.5, 0.6) is 11.5 Å². The van der Waals surface area contributed by atoms with Crippen molar-refractivity contribution in [2.75, 3.05) is 19.9 Å². The number of carbonyl (C=O) groups is 2. The molecule has 0 bridgehead atoms. The molecule has 1 heterocycles. The van der Waals surface area contributed by atoms with Gasteiger partial charge in [0.2, 0.25) is 12.7 Å². The summed E-state index contributed by atoms with van der Waals surface area (Å²) in [6.45, 7) is 2.66. The molecule has 1 N–H and O–H groups in total. The number of hydrogen-bond acceptors (Lipinski definition) is 5. The highest BCUT2D eigenvalue weighted by atomic mass is 16.7. The van der Waals surface area contributed by atoms with Gasteiger partial charge in [0.15, 0.2) is 11.5 Å². The van der Waals surface area contributed by atoms with Gasteiger partial charge >= 0.3 is 5.97 Å². The number of esters is 1. The molecular weight excluding hydrogens is 274 g/mol. The van der Waals surface area contributed by atoms with Gasteiger partial charge < -0.3 is 19.5 Å². The minimum atomic E-state index is -0.298. The molecule has 114 valence electrons. The fourth-order valence-electron chi connectivity index (χ4n) is 1.98. The van der Waals surface area contributed by atoms with Crippen molar-refractivity contribution >= 4 is 11.9 Å². The Morgan fingerprint density at radius 3 is 2.86 bits per heavy atom. The van der Waals surface area contributed by atoms with Gasteiger partial charge in [0.1, 0.15) is 0 Å². The summed E-state index contributed by atoms with van der Waals surface area (Å²) in [6, 6.07) is 5.64. The Morgan fingerprint density at radius 2 is 2.05 bits per heavy atom. The number of carbonyl (C=O) groups excluding carboxylic acids is 2. The van der Waals surface area contributed by atoms with Crippen LogP contribution in [0.4, 0.5) is 0 Å². The number of benzene rings is 1. The van der Waals surface area contributed by atoms with E-state index in [4.69, 9.17) is 14.2 Å². The molecule has 21 heavy (non-hydrogen) atoms. The molecular formula is C15H19NO5. The second kappa shape index (κ2) is 7.52. The standard InChI is InChI=1S/C15H19NO5/c1-2-19-15(18)7-8-16-14(17)6-4-11-3-5-12-13(9-11)21-10-20-12/h3,5,9H,2,4,6-8,10H2,1H3,(H,16,17). The molecule has 0 radical (unpaired) electrons. The van der Waals surface area contributed by atoms with Crippen LogP contribution in [0.25, 0.3) is 0 Å². The zero-order chi connectivity index (χ0) is 15.1. The molecule has 0 saturated heterocycles. The largest absolute Gasteiger partial charge is 0.466 e. The average Bonchev–Trinajstić information content (AvgIpc) is 2.93. The van der Waals surface area contributed by atoms with Crippen molar-refractivity contribution in [3.05, 3.63) is 23.8 Å². The molecule has 1 aliphatic rings. The van der Waals surface area contributed by atoms with Crippen molar-refractivity contribution in [3.8, 4) is 11.5 Å². The average molecular weight is 293 g/mol. The maximum Gasteiger partial charge on any atom is 0.307 e. The maximum atomic E-state index is 11.7. The first-order valence-electron chi connectivity index (χ1n) is 7.00. The van der Waals surface area contributed by atoms with Crippen molar-refractivity contribution in [2.24, 2.45) is 0 Å². The maximum absolute atomic E-state index is 11.7. The van der Waals surface area contributed by atoms with Crippen LogP contribution in [0, 0.1) is 0 Å². The Hall–Kier alpha value is -2.24. The van der Waals surface area contributed by atoms with Crippen molar-refractivity contribution in [1.82, 2.24) is 5.32 Å². The zero-order valence-corrected chi connectivity index (χ0v) is 12.0. The van der Waals surface area contributed by atoms with Gasteiger partial charge in [-0.1, -0.05) is 6.07 Å². The Kier molecular flexibility index (Phi) is 5.43. The van der Waals surface area contributed by atoms with Gasteiger partial charge in [0, 0.05) is 13.0 Å². The molecule has 0 aliphatic carbocycles. The summed E-state index contributed by atoms with van der Waals surface area (Å²) in [6.07, 6.45) is 1.17. The van der Waals surface area contributed by atoms with E-state index >= 15 is 0 Å². The summed E-state index contributed by atoms with van der Waals surface area (Å²) in [5.41, 5.74) is 1.01. The van der Waals surface area contributed by atoms with Crippen LogP contribution < -0.4 is 14.8 Å². The fourth-order valence-corrected chi connectivity index (χ4v) is 1.98. The summed E-state index contributed by atoms with van der Waals surface area (Å²) in [5.74, 6) is 1.07. The molecule has 1 aromatic rings. The first kappa shape index (κ1) is 15.2. The van der Waals surface area contributed by atoms with Gasteiger partial charge in [-0.15, -0.1) is 0 Å². The van der Waals surface area contributed by atoms with Crippen LogP contribution in [0.15, 0.2) is 18.2 Å².